The summed E-state index contributed by atoms with van der Waals surface area (Å²) in [5.41, 5.74) is 9.92. The Morgan fingerprint density at radius 2 is 1.00 bits per heavy atom. The summed E-state index contributed by atoms with van der Waals surface area (Å²) in [7, 11) is 0. The Morgan fingerprint density at radius 1 is 0.340 bits per heavy atom. The van der Waals surface area contributed by atoms with E-state index in [1.165, 1.54) is 60.0 Å². The molecule has 9 aromatic carbocycles. The lowest BCUT2D eigenvalue weighted by Crippen LogP contribution is -2.12. The van der Waals surface area contributed by atoms with Crippen molar-refractivity contribution in [3.8, 4) is 22.3 Å². The lowest BCUT2D eigenvalue weighted by atomic mass is 9.96. The first-order valence-electron chi connectivity index (χ1n) is 17.1. The molecule has 0 spiro atoms. The van der Waals surface area contributed by atoms with E-state index in [-0.39, 0.29) is 0 Å². The van der Waals surface area contributed by atoms with Crippen LogP contribution in [0.4, 0.5) is 17.1 Å². The number of hydrogen-bond acceptors (Lipinski definition) is 2. The number of rotatable bonds is 5. The quantitative estimate of drug-likeness (QED) is 0.175. The summed E-state index contributed by atoms with van der Waals surface area (Å²) in [6.45, 7) is 0. The predicted molar refractivity (Wildman–Crippen MR) is 212 cm³/mol. The van der Waals surface area contributed by atoms with Gasteiger partial charge in [0, 0.05) is 27.4 Å². The molecule has 0 amide bonds. The number of fused-ring (bicyclic) bond motifs is 8. The van der Waals surface area contributed by atoms with Gasteiger partial charge in [0.15, 0.2) is 0 Å². The normalized spacial score (nSPS) is 11.6. The minimum absolute atomic E-state index is 0.918. The third kappa shape index (κ3) is 4.57. The molecule has 10 rings (SSSR count). The second-order valence-electron chi connectivity index (χ2n) is 12.9. The van der Waals surface area contributed by atoms with Crippen molar-refractivity contribution >= 4 is 71.3 Å². The molecule has 0 unspecified atom stereocenters. The molecular weight excluding hydrogens is 607 g/mol. The predicted octanol–water partition coefficient (Wildman–Crippen LogP) is 13.8. The van der Waals surface area contributed by atoms with Gasteiger partial charge in [-0.15, -0.1) is 0 Å². The maximum atomic E-state index is 6.23. The van der Waals surface area contributed by atoms with Gasteiger partial charge < -0.3 is 9.32 Å². The van der Waals surface area contributed by atoms with Crippen LogP contribution < -0.4 is 4.90 Å². The molecule has 234 valence electrons. The summed E-state index contributed by atoms with van der Waals surface area (Å²) in [5, 5.41) is 9.66. The Labute approximate surface area is 290 Å². The van der Waals surface area contributed by atoms with Crippen LogP contribution in [0.25, 0.3) is 76.5 Å². The second-order valence-corrected chi connectivity index (χ2v) is 12.9. The topological polar surface area (TPSA) is 16.4 Å². The monoisotopic (exact) mass is 637 g/mol. The number of hydrogen-bond donors (Lipinski definition) is 0. The van der Waals surface area contributed by atoms with Crippen LogP contribution >= 0.6 is 0 Å². The third-order valence-electron chi connectivity index (χ3n) is 10.0. The van der Waals surface area contributed by atoms with Gasteiger partial charge in [0.2, 0.25) is 0 Å². The first kappa shape index (κ1) is 28.4. The van der Waals surface area contributed by atoms with Gasteiger partial charge in [0.05, 0.1) is 11.4 Å². The van der Waals surface area contributed by atoms with Crippen LogP contribution in [0.2, 0.25) is 0 Å². The standard InChI is InChI=1S/C48H31NO/c1-2-12-33(13-3-1)39-16-8-10-20-44(39)49(45-31-36-14-4-5-15-38(36)40-17-6-7-18-41(40)45)37-27-24-32(25-28-37)35-23-22-34-26-29-47-48(43(34)30-35)42-19-9-11-21-46(42)50-47/h1-31H. The molecule has 0 aliphatic rings. The average Bonchev–Trinajstić information content (AvgIpc) is 3.58. The third-order valence-corrected chi connectivity index (χ3v) is 10.0. The van der Waals surface area contributed by atoms with Crippen molar-refractivity contribution in [1.29, 1.82) is 0 Å². The van der Waals surface area contributed by atoms with Crippen LogP contribution in [0.1, 0.15) is 0 Å². The number of nitrogens with zero attached hydrogens (tertiary/aromatic N) is 1. The smallest absolute Gasteiger partial charge is 0.136 e. The molecule has 0 radical (unpaired) electrons. The molecule has 0 saturated carbocycles. The van der Waals surface area contributed by atoms with Gasteiger partial charge >= 0.3 is 0 Å². The highest BCUT2D eigenvalue weighted by molar-refractivity contribution is 6.19. The highest BCUT2D eigenvalue weighted by atomic mass is 16.3. The largest absolute Gasteiger partial charge is 0.456 e. The molecule has 2 nitrogen and oxygen atoms in total. The first-order chi connectivity index (χ1) is 24.8. The second kappa shape index (κ2) is 11.5. The van der Waals surface area contributed by atoms with Gasteiger partial charge in [-0.05, 0) is 86.1 Å². The molecule has 0 atom stereocenters. The Kier molecular flexibility index (Phi) is 6.53. The van der Waals surface area contributed by atoms with Crippen LogP contribution in [0.5, 0.6) is 0 Å². The van der Waals surface area contributed by atoms with Crippen LogP contribution in [0.3, 0.4) is 0 Å². The molecule has 2 heteroatoms. The number of furan rings is 1. The van der Waals surface area contributed by atoms with E-state index >= 15 is 0 Å². The van der Waals surface area contributed by atoms with Crippen molar-refractivity contribution in [2.75, 3.05) is 4.90 Å². The summed E-state index contributed by atoms with van der Waals surface area (Å²) in [6.07, 6.45) is 0. The van der Waals surface area contributed by atoms with Gasteiger partial charge in [-0.25, -0.2) is 0 Å². The van der Waals surface area contributed by atoms with Gasteiger partial charge in [0.1, 0.15) is 11.2 Å². The Bertz CT molecular complexity index is 2870. The van der Waals surface area contributed by atoms with Crippen LogP contribution in [0.15, 0.2) is 192 Å². The Morgan fingerprint density at radius 3 is 1.86 bits per heavy atom. The summed E-state index contributed by atoms with van der Waals surface area (Å²) in [5.74, 6) is 0. The van der Waals surface area contributed by atoms with E-state index in [0.29, 0.717) is 0 Å². The van der Waals surface area contributed by atoms with Gasteiger partial charge in [0.25, 0.3) is 0 Å². The van der Waals surface area contributed by atoms with Crippen molar-refractivity contribution in [2.45, 2.75) is 0 Å². The zero-order valence-corrected chi connectivity index (χ0v) is 27.3. The fourth-order valence-corrected chi connectivity index (χ4v) is 7.68. The van der Waals surface area contributed by atoms with Crippen molar-refractivity contribution in [3.05, 3.63) is 188 Å². The molecule has 1 aromatic heterocycles. The molecule has 1 heterocycles. The number of para-hydroxylation sites is 2. The van der Waals surface area contributed by atoms with Crippen LogP contribution in [-0.2, 0) is 0 Å². The molecule has 50 heavy (non-hydrogen) atoms. The summed E-state index contributed by atoms with van der Waals surface area (Å²) < 4.78 is 6.23. The van der Waals surface area contributed by atoms with Gasteiger partial charge in [-0.3, -0.25) is 0 Å². The average molecular weight is 638 g/mol. The van der Waals surface area contributed by atoms with Gasteiger partial charge in [-0.2, -0.15) is 0 Å². The van der Waals surface area contributed by atoms with Crippen molar-refractivity contribution in [2.24, 2.45) is 0 Å². The van der Waals surface area contributed by atoms with Gasteiger partial charge in [-0.1, -0.05) is 146 Å². The SMILES string of the molecule is c1ccc(-c2ccccc2N(c2ccc(-c3ccc4ccc5oc6ccccc6c5c4c3)cc2)c2cc3ccccc3c3ccccc23)cc1. The van der Waals surface area contributed by atoms with E-state index in [4.69, 9.17) is 4.42 Å². The van der Waals surface area contributed by atoms with Crippen LogP contribution in [0, 0.1) is 0 Å². The summed E-state index contributed by atoms with van der Waals surface area (Å²) >= 11 is 0. The highest BCUT2D eigenvalue weighted by Gasteiger charge is 2.20. The zero-order chi connectivity index (χ0) is 33.0. The summed E-state index contributed by atoms with van der Waals surface area (Å²) in [6, 6.07) is 67.6. The lowest BCUT2D eigenvalue weighted by Gasteiger charge is -2.29. The number of anilines is 3. The van der Waals surface area contributed by atoms with E-state index < -0.39 is 0 Å². The van der Waals surface area contributed by atoms with E-state index in [0.717, 1.165) is 33.6 Å². The maximum Gasteiger partial charge on any atom is 0.136 e. The fourth-order valence-electron chi connectivity index (χ4n) is 7.68. The first-order valence-corrected chi connectivity index (χ1v) is 17.1. The molecule has 0 saturated heterocycles. The maximum absolute atomic E-state index is 6.23. The van der Waals surface area contributed by atoms with Crippen molar-refractivity contribution in [3.63, 3.8) is 0 Å². The molecule has 0 N–H and O–H groups in total. The molecule has 0 bridgehead atoms. The zero-order valence-electron chi connectivity index (χ0n) is 27.3. The Balaban J connectivity index is 1.17. The lowest BCUT2D eigenvalue weighted by molar-refractivity contribution is 0.669. The van der Waals surface area contributed by atoms with Crippen molar-refractivity contribution < 1.29 is 4.42 Å². The van der Waals surface area contributed by atoms with E-state index in [2.05, 4.69) is 181 Å². The number of benzene rings is 9. The minimum Gasteiger partial charge on any atom is -0.456 e. The Hall–Kier alpha value is -6.64. The molecular formula is C48H31NO. The molecule has 0 fully saturated rings. The highest BCUT2D eigenvalue weighted by Crippen LogP contribution is 2.46. The minimum atomic E-state index is 0.918. The fraction of sp³-hybridized carbons (Fsp3) is 0. The molecule has 0 aliphatic heterocycles. The van der Waals surface area contributed by atoms with Crippen LogP contribution in [-0.4, -0.2) is 0 Å². The summed E-state index contributed by atoms with van der Waals surface area (Å²) in [4.78, 5) is 2.43. The molecule has 0 aliphatic carbocycles. The van der Waals surface area contributed by atoms with E-state index in [1.54, 1.807) is 0 Å². The van der Waals surface area contributed by atoms with Crippen molar-refractivity contribution in [1.82, 2.24) is 0 Å². The van der Waals surface area contributed by atoms with E-state index in [9.17, 15) is 0 Å². The van der Waals surface area contributed by atoms with E-state index in [1.807, 2.05) is 12.1 Å². The molecule has 10 aromatic rings.